The van der Waals surface area contributed by atoms with Gasteiger partial charge in [-0.2, -0.15) is 0 Å². The molecule has 0 aliphatic heterocycles. The van der Waals surface area contributed by atoms with E-state index in [4.69, 9.17) is 0 Å². The summed E-state index contributed by atoms with van der Waals surface area (Å²) >= 11 is 0. The highest BCUT2D eigenvalue weighted by molar-refractivity contribution is 5.90. The van der Waals surface area contributed by atoms with E-state index in [1.165, 1.54) is 31.2 Å². The lowest BCUT2D eigenvalue weighted by molar-refractivity contribution is -0.116. The van der Waals surface area contributed by atoms with Crippen LogP contribution < -0.4 is 5.32 Å². The molecule has 0 atom stereocenters. The third-order valence-electron chi connectivity index (χ3n) is 3.67. The van der Waals surface area contributed by atoms with Gasteiger partial charge in [0.05, 0.1) is 0 Å². The lowest BCUT2D eigenvalue weighted by Crippen LogP contribution is -2.25. The number of anilines is 1. The van der Waals surface area contributed by atoms with E-state index in [0.29, 0.717) is 6.42 Å². The number of hydrogen-bond acceptors (Lipinski definition) is 2. The molecule has 0 spiro atoms. The van der Waals surface area contributed by atoms with Crippen LogP contribution >= 0.6 is 0 Å². The zero-order valence-electron chi connectivity index (χ0n) is 13.8. The summed E-state index contributed by atoms with van der Waals surface area (Å²) in [6, 6.07) is 8.23. The van der Waals surface area contributed by atoms with Gasteiger partial charge in [0, 0.05) is 18.7 Å². The Balaban J connectivity index is 2.30. The highest BCUT2D eigenvalue weighted by atomic mass is 16.1. The molecule has 0 radical (unpaired) electrons. The SMILES string of the molecule is CCCCc1ccc(NC(=O)CCN(C)CCCC)cc1. The number of nitrogens with one attached hydrogen (secondary N) is 1. The first-order valence-electron chi connectivity index (χ1n) is 8.23. The summed E-state index contributed by atoms with van der Waals surface area (Å²) in [4.78, 5) is 14.1. The molecule has 0 unspecified atom stereocenters. The third kappa shape index (κ3) is 7.86. The number of carbonyl (C=O) groups excluding carboxylic acids is 1. The second-order valence-corrected chi connectivity index (χ2v) is 5.76. The monoisotopic (exact) mass is 290 g/mol. The molecular formula is C18H30N2O. The number of carbonyl (C=O) groups is 1. The number of amides is 1. The van der Waals surface area contributed by atoms with E-state index >= 15 is 0 Å². The average molecular weight is 290 g/mol. The summed E-state index contributed by atoms with van der Waals surface area (Å²) < 4.78 is 0. The smallest absolute Gasteiger partial charge is 0.225 e. The van der Waals surface area contributed by atoms with E-state index in [1.807, 2.05) is 12.1 Å². The van der Waals surface area contributed by atoms with E-state index in [1.54, 1.807) is 0 Å². The second kappa shape index (κ2) is 10.4. The fraction of sp³-hybridized carbons (Fsp3) is 0.611. The van der Waals surface area contributed by atoms with Gasteiger partial charge in [0.2, 0.25) is 5.91 Å². The number of rotatable bonds is 10. The van der Waals surface area contributed by atoms with E-state index in [-0.39, 0.29) is 5.91 Å². The molecule has 1 aromatic rings. The number of benzene rings is 1. The maximum Gasteiger partial charge on any atom is 0.225 e. The van der Waals surface area contributed by atoms with Gasteiger partial charge in [0.1, 0.15) is 0 Å². The Morgan fingerprint density at radius 3 is 2.33 bits per heavy atom. The van der Waals surface area contributed by atoms with Crippen LogP contribution in [-0.2, 0) is 11.2 Å². The molecule has 0 aromatic heterocycles. The standard InChI is InChI=1S/C18H30N2O/c1-4-6-8-16-9-11-17(12-10-16)19-18(21)13-15-20(3)14-7-5-2/h9-12H,4-8,13-15H2,1-3H3,(H,19,21). The molecule has 3 nitrogen and oxygen atoms in total. The number of hydrogen-bond donors (Lipinski definition) is 1. The first-order chi connectivity index (χ1) is 10.2. The number of unbranched alkanes of at least 4 members (excludes halogenated alkanes) is 2. The predicted octanol–water partition coefficient (Wildman–Crippen LogP) is 4.09. The second-order valence-electron chi connectivity index (χ2n) is 5.76. The summed E-state index contributed by atoms with van der Waals surface area (Å²) in [7, 11) is 2.07. The largest absolute Gasteiger partial charge is 0.326 e. The van der Waals surface area contributed by atoms with Crippen LogP contribution in [0.2, 0.25) is 0 Å². The summed E-state index contributed by atoms with van der Waals surface area (Å²) in [5, 5.41) is 2.97. The van der Waals surface area contributed by atoms with Crippen molar-refractivity contribution in [1.29, 1.82) is 0 Å². The number of aryl methyl sites for hydroxylation is 1. The molecule has 1 N–H and O–H groups in total. The predicted molar refractivity (Wildman–Crippen MR) is 90.7 cm³/mol. The van der Waals surface area contributed by atoms with Crippen LogP contribution in [0.3, 0.4) is 0 Å². The molecular weight excluding hydrogens is 260 g/mol. The van der Waals surface area contributed by atoms with Gasteiger partial charge >= 0.3 is 0 Å². The van der Waals surface area contributed by atoms with Gasteiger partial charge in [0.25, 0.3) is 0 Å². The molecule has 1 rings (SSSR count). The number of nitrogens with zero attached hydrogens (tertiary/aromatic N) is 1. The molecule has 3 heteroatoms. The van der Waals surface area contributed by atoms with Crippen LogP contribution in [0, 0.1) is 0 Å². The van der Waals surface area contributed by atoms with E-state index in [2.05, 4.69) is 43.2 Å². The molecule has 21 heavy (non-hydrogen) atoms. The van der Waals surface area contributed by atoms with Crippen LogP contribution in [0.5, 0.6) is 0 Å². The van der Waals surface area contributed by atoms with Crippen molar-refractivity contribution in [2.45, 2.75) is 52.4 Å². The minimum Gasteiger partial charge on any atom is -0.326 e. The van der Waals surface area contributed by atoms with Crippen molar-refractivity contribution in [3.8, 4) is 0 Å². The summed E-state index contributed by atoms with van der Waals surface area (Å²) in [6.45, 7) is 6.27. The van der Waals surface area contributed by atoms with Gasteiger partial charge in [-0.3, -0.25) is 4.79 Å². The maximum atomic E-state index is 11.9. The van der Waals surface area contributed by atoms with Crippen LogP contribution in [0.1, 0.15) is 51.5 Å². The topological polar surface area (TPSA) is 32.3 Å². The molecule has 0 fully saturated rings. The molecule has 1 amide bonds. The Hall–Kier alpha value is -1.35. The molecule has 0 aliphatic rings. The minimum absolute atomic E-state index is 0.0969. The molecule has 0 bridgehead atoms. The Morgan fingerprint density at radius 1 is 1.05 bits per heavy atom. The third-order valence-corrected chi connectivity index (χ3v) is 3.67. The fourth-order valence-corrected chi connectivity index (χ4v) is 2.19. The van der Waals surface area contributed by atoms with Gasteiger partial charge in [-0.1, -0.05) is 38.8 Å². The van der Waals surface area contributed by atoms with Crippen LogP contribution in [0.25, 0.3) is 0 Å². The normalized spacial score (nSPS) is 10.9. The van der Waals surface area contributed by atoms with E-state index in [0.717, 1.165) is 25.2 Å². The van der Waals surface area contributed by atoms with Crippen molar-refractivity contribution in [1.82, 2.24) is 4.90 Å². The summed E-state index contributed by atoms with van der Waals surface area (Å²) in [6.07, 6.45) is 6.49. The van der Waals surface area contributed by atoms with Crippen molar-refractivity contribution in [2.75, 3.05) is 25.5 Å². The van der Waals surface area contributed by atoms with Crippen LogP contribution in [-0.4, -0.2) is 30.9 Å². The molecule has 0 heterocycles. The van der Waals surface area contributed by atoms with Crippen molar-refractivity contribution >= 4 is 11.6 Å². The minimum atomic E-state index is 0.0969. The van der Waals surface area contributed by atoms with E-state index < -0.39 is 0 Å². The first kappa shape index (κ1) is 17.7. The molecule has 118 valence electrons. The average Bonchev–Trinajstić information content (AvgIpc) is 2.50. The Morgan fingerprint density at radius 2 is 1.71 bits per heavy atom. The first-order valence-corrected chi connectivity index (χ1v) is 8.23. The molecule has 0 saturated heterocycles. The highest BCUT2D eigenvalue weighted by Crippen LogP contribution is 2.12. The van der Waals surface area contributed by atoms with Crippen molar-refractivity contribution in [2.24, 2.45) is 0 Å². The molecule has 1 aromatic carbocycles. The van der Waals surface area contributed by atoms with Gasteiger partial charge in [0.15, 0.2) is 0 Å². The van der Waals surface area contributed by atoms with Crippen molar-refractivity contribution in [3.63, 3.8) is 0 Å². The van der Waals surface area contributed by atoms with Crippen LogP contribution in [0.15, 0.2) is 24.3 Å². The van der Waals surface area contributed by atoms with Gasteiger partial charge < -0.3 is 10.2 Å². The van der Waals surface area contributed by atoms with Crippen molar-refractivity contribution in [3.05, 3.63) is 29.8 Å². The van der Waals surface area contributed by atoms with E-state index in [9.17, 15) is 4.79 Å². The summed E-state index contributed by atoms with van der Waals surface area (Å²) in [5.74, 6) is 0.0969. The Labute approximate surface area is 129 Å². The zero-order valence-corrected chi connectivity index (χ0v) is 13.8. The lowest BCUT2D eigenvalue weighted by atomic mass is 10.1. The highest BCUT2D eigenvalue weighted by Gasteiger charge is 2.05. The molecule has 0 aliphatic carbocycles. The summed E-state index contributed by atoms with van der Waals surface area (Å²) in [5.41, 5.74) is 2.24. The quantitative estimate of drug-likeness (QED) is 0.704. The zero-order chi connectivity index (χ0) is 15.5. The Bertz CT molecular complexity index is 400. The van der Waals surface area contributed by atoms with Crippen molar-refractivity contribution < 1.29 is 4.79 Å². The fourth-order valence-electron chi connectivity index (χ4n) is 2.19. The van der Waals surface area contributed by atoms with Crippen LogP contribution in [0.4, 0.5) is 5.69 Å². The van der Waals surface area contributed by atoms with Gasteiger partial charge in [-0.25, -0.2) is 0 Å². The lowest BCUT2D eigenvalue weighted by Gasteiger charge is -2.15. The van der Waals surface area contributed by atoms with Gasteiger partial charge in [-0.05, 0) is 50.6 Å². The Kier molecular flexibility index (Phi) is 8.76. The molecule has 0 saturated carbocycles. The maximum absolute atomic E-state index is 11.9. The van der Waals surface area contributed by atoms with Gasteiger partial charge in [-0.15, -0.1) is 0 Å².